The lowest BCUT2D eigenvalue weighted by atomic mass is 9.97. The third-order valence-electron chi connectivity index (χ3n) is 15.6. The number of aliphatic hydroxyl groups is 8. The Bertz CT molecular complexity index is 1700. The predicted molar refractivity (Wildman–Crippen MR) is 332 cm³/mol. The van der Waals surface area contributed by atoms with Crippen LogP contribution in [0.5, 0.6) is 0 Å². The number of carbonyl (C=O) groups excluding carboxylic acids is 1. The van der Waals surface area contributed by atoms with Crippen LogP contribution in [0.15, 0.2) is 85.1 Å². The van der Waals surface area contributed by atoms with Crippen molar-refractivity contribution in [3.05, 3.63) is 85.1 Å². The third-order valence-corrected chi connectivity index (χ3v) is 15.6. The summed E-state index contributed by atoms with van der Waals surface area (Å²) in [6.07, 6.45) is 55.5. The Morgan fingerprint density at radius 1 is 0.451 bits per heavy atom. The van der Waals surface area contributed by atoms with Crippen molar-refractivity contribution in [3.63, 3.8) is 0 Å². The topological polar surface area (TPSA) is 228 Å². The Hall–Kier alpha value is -2.83. The van der Waals surface area contributed by atoms with E-state index in [1.807, 2.05) is 18.2 Å². The van der Waals surface area contributed by atoms with E-state index < -0.39 is 86.8 Å². The third kappa shape index (κ3) is 36.9. The molecule has 2 heterocycles. The molecule has 2 saturated heterocycles. The van der Waals surface area contributed by atoms with Crippen molar-refractivity contribution in [2.45, 2.75) is 319 Å². The molecule has 0 aromatic carbocycles. The van der Waals surface area contributed by atoms with Crippen molar-refractivity contribution in [2.24, 2.45) is 0 Å². The Balaban J connectivity index is 1.69. The molecule has 12 atom stereocenters. The summed E-state index contributed by atoms with van der Waals surface area (Å²) in [6.45, 7) is 2.61. The Morgan fingerprint density at radius 2 is 0.854 bits per heavy atom. The second-order valence-electron chi connectivity index (χ2n) is 22.9. The van der Waals surface area contributed by atoms with Gasteiger partial charge in [0.1, 0.15) is 48.8 Å². The lowest BCUT2D eigenvalue weighted by Crippen LogP contribution is -2.65. The molecule has 0 aromatic heterocycles. The molecule has 0 spiro atoms. The van der Waals surface area contributed by atoms with Gasteiger partial charge in [-0.15, -0.1) is 0 Å². The monoisotopic (exact) mass is 1160 g/mol. The van der Waals surface area contributed by atoms with Crippen LogP contribution in [0, 0.1) is 0 Å². The van der Waals surface area contributed by atoms with Crippen LogP contribution in [-0.4, -0.2) is 140 Å². The number of hydrogen-bond donors (Lipinski definition) is 9. The average Bonchev–Trinajstić information content (AvgIpc) is 3.53. The first kappa shape index (κ1) is 75.3. The van der Waals surface area contributed by atoms with Gasteiger partial charge < -0.3 is 65.1 Å². The maximum absolute atomic E-state index is 13.2. The van der Waals surface area contributed by atoms with Gasteiger partial charge in [-0.3, -0.25) is 4.79 Å². The van der Waals surface area contributed by atoms with Crippen LogP contribution >= 0.6 is 0 Å². The molecule has 1 amide bonds. The van der Waals surface area contributed by atoms with Gasteiger partial charge in [-0.2, -0.15) is 0 Å². The van der Waals surface area contributed by atoms with E-state index in [1.165, 1.54) is 173 Å². The minimum absolute atomic E-state index is 0.0375. The molecule has 9 N–H and O–H groups in total. The van der Waals surface area contributed by atoms with Gasteiger partial charge in [-0.1, -0.05) is 266 Å². The zero-order valence-electron chi connectivity index (χ0n) is 51.2. The largest absolute Gasteiger partial charge is 0.394 e. The lowest BCUT2D eigenvalue weighted by molar-refractivity contribution is -0.359. The molecule has 474 valence electrons. The second kappa shape index (κ2) is 52.5. The molecule has 2 fully saturated rings. The highest BCUT2D eigenvalue weighted by Crippen LogP contribution is 2.30. The zero-order valence-corrected chi connectivity index (χ0v) is 51.2. The van der Waals surface area contributed by atoms with Crippen molar-refractivity contribution in [1.82, 2.24) is 5.32 Å². The van der Waals surface area contributed by atoms with Crippen LogP contribution in [0.3, 0.4) is 0 Å². The van der Waals surface area contributed by atoms with Crippen LogP contribution in [0.25, 0.3) is 0 Å². The van der Waals surface area contributed by atoms with Crippen LogP contribution in [0.4, 0.5) is 0 Å². The number of aliphatic hydroxyl groups excluding tert-OH is 8. The highest BCUT2D eigenvalue weighted by Gasteiger charge is 2.51. The Kier molecular flexibility index (Phi) is 48.2. The van der Waals surface area contributed by atoms with E-state index in [2.05, 4.69) is 73.8 Å². The second-order valence-corrected chi connectivity index (χ2v) is 22.9. The smallest absolute Gasteiger partial charge is 0.224 e. The van der Waals surface area contributed by atoms with Crippen LogP contribution < -0.4 is 5.32 Å². The maximum Gasteiger partial charge on any atom is 0.224 e. The summed E-state index contributed by atoms with van der Waals surface area (Å²) in [7, 11) is 0. The number of hydrogen-bond acceptors (Lipinski definition) is 13. The number of carbonyl (C=O) groups is 1. The van der Waals surface area contributed by atoms with Crippen LogP contribution in [-0.2, 0) is 23.7 Å². The number of ether oxygens (including phenoxy) is 4. The quantitative estimate of drug-likeness (QED) is 0.0204. The first-order valence-corrected chi connectivity index (χ1v) is 32.8. The molecule has 0 saturated carbocycles. The van der Waals surface area contributed by atoms with E-state index in [1.54, 1.807) is 12.2 Å². The highest BCUT2D eigenvalue weighted by molar-refractivity contribution is 5.77. The van der Waals surface area contributed by atoms with Crippen LogP contribution in [0.2, 0.25) is 0 Å². The van der Waals surface area contributed by atoms with E-state index in [0.29, 0.717) is 12.8 Å². The standard InChI is InChI=1S/C68H119NO13/c1-3-5-7-9-11-13-15-17-19-20-21-22-23-24-25-26-27-28-29-30-31-32-33-34-35-36-38-39-41-43-45-47-49-51-57(72)56(69-60(73)52-50-48-46-44-42-40-37-18-16-14-12-10-8-6-4-2)55-79-67-65(78)63(76)66(59(54-71)81-67)82-68-64(77)62(75)61(74)58(53-70)80-68/h6,8,12,14,18,37,41-44,48-51,56-59,61-68,70-72,74-78H,3-5,7,9-11,13,15-17,19-36,38-40,45-47,52-55H2,1-2H3,(H,69,73)/b8-6-,14-12-,37-18-,43-41+,44-42-,50-48-,51-49+. The van der Waals surface area contributed by atoms with E-state index in [4.69, 9.17) is 18.9 Å². The Morgan fingerprint density at radius 3 is 1.32 bits per heavy atom. The minimum Gasteiger partial charge on any atom is -0.394 e. The first-order valence-electron chi connectivity index (χ1n) is 32.8. The van der Waals surface area contributed by atoms with Gasteiger partial charge in [0.15, 0.2) is 12.6 Å². The van der Waals surface area contributed by atoms with Crippen molar-refractivity contribution in [1.29, 1.82) is 0 Å². The molecule has 14 nitrogen and oxygen atoms in total. The molecule has 0 aromatic rings. The fraction of sp³-hybridized carbons (Fsp3) is 0.779. The zero-order chi connectivity index (χ0) is 59.5. The summed E-state index contributed by atoms with van der Waals surface area (Å²) >= 11 is 0. The van der Waals surface area contributed by atoms with Gasteiger partial charge >= 0.3 is 0 Å². The molecule has 2 aliphatic heterocycles. The molecular weight excluding hydrogens is 1040 g/mol. The van der Waals surface area contributed by atoms with E-state index >= 15 is 0 Å². The number of rotatable bonds is 52. The SMILES string of the molecule is CC/C=C\C/C=C\C/C=C\C/C=C\C/C=C\CC(=O)NC(COC1OC(CO)C(OC2OC(CO)C(O)C(O)C2O)C(O)C1O)C(O)/C=C/CC/C=C/CCCCCCCCCCCCCCCCCCCCCCCCCCCCC. The molecule has 0 aliphatic carbocycles. The summed E-state index contributed by atoms with van der Waals surface area (Å²) in [5, 5.41) is 87.0. The maximum atomic E-state index is 13.2. The number of unbranched alkanes of at least 4 members (excludes halogenated alkanes) is 28. The van der Waals surface area contributed by atoms with Gasteiger partial charge in [-0.05, 0) is 57.8 Å². The van der Waals surface area contributed by atoms with Crippen LogP contribution in [0.1, 0.15) is 245 Å². The summed E-state index contributed by atoms with van der Waals surface area (Å²) in [5.41, 5.74) is 0. The van der Waals surface area contributed by atoms with Crippen molar-refractivity contribution >= 4 is 5.91 Å². The number of amides is 1. The van der Waals surface area contributed by atoms with Gasteiger partial charge in [0, 0.05) is 6.42 Å². The molecule has 2 aliphatic rings. The normalized spacial score (nSPS) is 24.5. The van der Waals surface area contributed by atoms with Crippen molar-refractivity contribution < 1.29 is 64.6 Å². The number of allylic oxidation sites excluding steroid dienone is 12. The lowest BCUT2D eigenvalue weighted by Gasteiger charge is -2.46. The summed E-state index contributed by atoms with van der Waals surface area (Å²) in [6, 6.07) is -0.992. The molecular formula is C68H119NO13. The molecule has 0 bridgehead atoms. The Labute approximate surface area is 497 Å². The van der Waals surface area contributed by atoms with E-state index in [-0.39, 0.29) is 18.9 Å². The van der Waals surface area contributed by atoms with Gasteiger partial charge in [0.05, 0.1) is 32.0 Å². The summed E-state index contributed by atoms with van der Waals surface area (Å²) in [5.74, 6) is -0.377. The molecule has 0 radical (unpaired) electrons. The van der Waals surface area contributed by atoms with Crippen molar-refractivity contribution in [3.8, 4) is 0 Å². The average molecular weight is 1160 g/mol. The fourth-order valence-corrected chi connectivity index (χ4v) is 10.4. The van der Waals surface area contributed by atoms with E-state index in [9.17, 15) is 45.6 Å². The van der Waals surface area contributed by atoms with Gasteiger partial charge in [-0.25, -0.2) is 0 Å². The van der Waals surface area contributed by atoms with Crippen molar-refractivity contribution in [2.75, 3.05) is 19.8 Å². The minimum atomic E-state index is -1.80. The van der Waals surface area contributed by atoms with Gasteiger partial charge in [0.25, 0.3) is 0 Å². The first-order chi connectivity index (χ1) is 40.1. The fourth-order valence-electron chi connectivity index (χ4n) is 10.4. The predicted octanol–water partition coefficient (Wildman–Crippen LogP) is 12.4. The summed E-state index contributed by atoms with van der Waals surface area (Å²) in [4.78, 5) is 13.2. The molecule has 82 heavy (non-hydrogen) atoms. The molecule has 2 rings (SSSR count). The molecule has 12 unspecified atom stereocenters. The summed E-state index contributed by atoms with van der Waals surface area (Å²) < 4.78 is 22.7. The number of nitrogens with one attached hydrogen (secondary N) is 1. The van der Waals surface area contributed by atoms with Gasteiger partial charge in [0.2, 0.25) is 5.91 Å². The highest BCUT2D eigenvalue weighted by atomic mass is 16.7. The van der Waals surface area contributed by atoms with E-state index in [0.717, 1.165) is 38.5 Å². The molecule has 14 heteroatoms.